The second-order valence-corrected chi connectivity index (χ2v) is 5.46. The van der Waals surface area contributed by atoms with Gasteiger partial charge in [0.1, 0.15) is 0 Å². The molecule has 0 bridgehead atoms. The number of nitrogens with one attached hydrogen (secondary N) is 1. The molecule has 1 aliphatic rings. The molecule has 116 valence electrons. The standard InChI is InChI=1S/C16H19N3O3/c1-2-22-16(21)11-6-8-19(9-7-11)15(20)13-5-3-4-12-10-17-18-14(12)13/h3-5,10-11H,2,6-9H2,1H3,(H,17,18). The number of fused-ring (bicyclic) bond motifs is 1. The van der Waals surface area contributed by atoms with Gasteiger partial charge in [-0.15, -0.1) is 0 Å². The normalized spacial score (nSPS) is 16.0. The van der Waals surface area contributed by atoms with Crippen LogP contribution < -0.4 is 0 Å². The van der Waals surface area contributed by atoms with Gasteiger partial charge in [0.05, 0.1) is 29.8 Å². The number of benzene rings is 1. The fraction of sp³-hybridized carbons (Fsp3) is 0.438. The van der Waals surface area contributed by atoms with E-state index in [0.717, 1.165) is 10.9 Å². The number of carbonyl (C=O) groups excluding carboxylic acids is 2. The van der Waals surface area contributed by atoms with Gasteiger partial charge < -0.3 is 9.64 Å². The third kappa shape index (κ3) is 2.68. The zero-order valence-electron chi connectivity index (χ0n) is 12.5. The quantitative estimate of drug-likeness (QED) is 0.880. The van der Waals surface area contributed by atoms with Crippen molar-refractivity contribution >= 4 is 22.8 Å². The van der Waals surface area contributed by atoms with Crippen LogP contribution in [-0.4, -0.2) is 46.7 Å². The summed E-state index contributed by atoms with van der Waals surface area (Å²) in [4.78, 5) is 26.2. The molecule has 0 radical (unpaired) electrons. The molecule has 0 spiro atoms. The van der Waals surface area contributed by atoms with Gasteiger partial charge in [0.15, 0.2) is 0 Å². The van der Waals surface area contributed by atoms with Gasteiger partial charge in [-0.3, -0.25) is 14.7 Å². The number of aromatic nitrogens is 2. The minimum Gasteiger partial charge on any atom is -0.466 e. The Kier molecular flexibility index (Phi) is 4.09. The van der Waals surface area contributed by atoms with Crippen LogP contribution in [0.5, 0.6) is 0 Å². The molecular weight excluding hydrogens is 282 g/mol. The van der Waals surface area contributed by atoms with Crippen LogP contribution in [-0.2, 0) is 9.53 Å². The van der Waals surface area contributed by atoms with E-state index in [0.29, 0.717) is 38.1 Å². The summed E-state index contributed by atoms with van der Waals surface area (Å²) < 4.78 is 5.05. The lowest BCUT2D eigenvalue weighted by atomic mass is 9.96. The molecule has 1 fully saturated rings. The van der Waals surface area contributed by atoms with E-state index in [1.807, 2.05) is 19.1 Å². The fourth-order valence-electron chi connectivity index (χ4n) is 2.90. The second kappa shape index (κ2) is 6.17. The first-order valence-electron chi connectivity index (χ1n) is 7.58. The molecule has 1 saturated heterocycles. The van der Waals surface area contributed by atoms with Crippen molar-refractivity contribution in [1.82, 2.24) is 15.1 Å². The van der Waals surface area contributed by atoms with E-state index in [1.54, 1.807) is 17.2 Å². The Morgan fingerprint density at radius 3 is 2.86 bits per heavy atom. The van der Waals surface area contributed by atoms with Crippen molar-refractivity contribution in [3.63, 3.8) is 0 Å². The highest BCUT2D eigenvalue weighted by Gasteiger charge is 2.29. The summed E-state index contributed by atoms with van der Waals surface area (Å²) >= 11 is 0. The van der Waals surface area contributed by atoms with E-state index < -0.39 is 0 Å². The molecular formula is C16H19N3O3. The average molecular weight is 301 g/mol. The largest absolute Gasteiger partial charge is 0.466 e. The Bertz CT molecular complexity index is 687. The fourth-order valence-corrected chi connectivity index (χ4v) is 2.90. The molecule has 0 atom stereocenters. The molecule has 1 aliphatic heterocycles. The Morgan fingerprint density at radius 1 is 1.36 bits per heavy atom. The average Bonchev–Trinajstić information content (AvgIpc) is 3.03. The maximum atomic E-state index is 12.7. The Labute approximate surface area is 128 Å². The monoisotopic (exact) mass is 301 g/mol. The maximum Gasteiger partial charge on any atom is 0.309 e. The van der Waals surface area contributed by atoms with Crippen molar-refractivity contribution in [2.75, 3.05) is 19.7 Å². The van der Waals surface area contributed by atoms with Crippen LogP contribution >= 0.6 is 0 Å². The van der Waals surface area contributed by atoms with E-state index in [-0.39, 0.29) is 17.8 Å². The highest BCUT2D eigenvalue weighted by Crippen LogP contribution is 2.23. The van der Waals surface area contributed by atoms with Gasteiger partial charge in [-0.2, -0.15) is 5.10 Å². The first-order chi connectivity index (χ1) is 10.7. The Morgan fingerprint density at radius 2 is 2.14 bits per heavy atom. The SMILES string of the molecule is CCOC(=O)C1CCN(C(=O)c2cccc3cn[nH]c23)CC1. The summed E-state index contributed by atoms with van der Waals surface area (Å²) in [6, 6.07) is 5.58. The van der Waals surface area contributed by atoms with Gasteiger partial charge in [-0.05, 0) is 25.8 Å². The highest BCUT2D eigenvalue weighted by molar-refractivity contribution is 6.05. The van der Waals surface area contributed by atoms with Crippen molar-refractivity contribution in [3.05, 3.63) is 30.0 Å². The smallest absolute Gasteiger partial charge is 0.309 e. The van der Waals surface area contributed by atoms with Crippen LogP contribution in [0.4, 0.5) is 0 Å². The Hall–Kier alpha value is -2.37. The predicted octanol–water partition coefficient (Wildman–Crippen LogP) is 1.98. The van der Waals surface area contributed by atoms with Gasteiger partial charge in [0.25, 0.3) is 5.91 Å². The van der Waals surface area contributed by atoms with Crippen molar-refractivity contribution < 1.29 is 14.3 Å². The number of H-pyrrole nitrogens is 1. The number of piperidine rings is 1. The number of nitrogens with zero attached hydrogens (tertiary/aromatic N) is 2. The van der Waals surface area contributed by atoms with Gasteiger partial charge in [-0.25, -0.2) is 0 Å². The molecule has 1 N–H and O–H groups in total. The lowest BCUT2D eigenvalue weighted by Gasteiger charge is -2.31. The summed E-state index contributed by atoms with van der Waals surface area (Å²) in [5, 5.41) is 7.79. The summed E-state index contributed by atoms with van der Waals surface area (Å²) in [6.07, 6.45) is 3.02. The molecule has 0 aliphatic carbocycles. The van der Waals surface area contributed by atoms with E-state index in [1.165, 1.54) is 0 Å². The number of esters is 1. The predicted molar refractivity (Wildman–Crippen MR) is 81.4 cm³/mol. The number of amides is 1. The number of hydrogen-bond donors (Lipinski definition) is 1. The molecule has 0 saturated carbocycles. The van der Waals surface area contributed by atoms with Crippen LogP contribution in [0.1, 0.15) is 30.1 Å². The zero-order chi connectivity index (χ0) is 15.5. The molecule has 2 heterocycles. The molecule has 1 aromatic heterocycles. The second-order valence-electron chi connectivity index (χ2n) is 5.46. The number of ether oxygens (including phenoxy) is 1. The van der Waals surface area contributed by atoms with Crippen molar-refractivity contribution in [1.29, 1.82) is 0 Å². The van der Waals surface area contributed by atoms with Gasteiger partial charge >= 0.3 is 5.97 Å². The number of aromatic amines is 1. The van der Waals surface area contributed by atoms with Crippen LogP contribution in [0.25, 0.3) is 10.9 Å². The Balaban J connectivity index is 1.70. The molecule has 0 unspecified atom stereocenters. The van der Waals surface area contributed by atoms with E-state index >= 15 is 0 Å². The highest BCUT2D eigenvalue weighted by atomic mass is 16.5. The topological polar surface area (TPSA) is 75.3 Å². The third-order valence-corrected chi connectivity index (χ3v) is 4.11. The van der Waals surface area contributed by atoms with Crippen molar-refractivity contribution in [2.45, 2.75) is 19.8 Å². The van der Waals surface area contributed by atoms with Gasteiger partial charge in [-0.1, -0.05) is 12.1 Å². The lowest BCUT2D eigenvalue weighted by Crippen LogP contribution is -2.40. The van der Waals surface area contributed by atoms with Gasteiger partial charge in [0.2, 0.25) is 0 Å². The number of para-hydroxylation sites is 1. The molecule has 22 heavy (non-hydrogen) atoms. The van der Waals surface area contributed by atoms with E-state index in [2.05, 4.69) is 10.2 Å². The third-order valence-electron chi connectivity index (χ3n) is 4.11. The first kappa shape index (κ1) is 14.6. The van der Waals surface area contributed by atoms with Gasteiger partial charge in [0, 0.05) is 18.5 Å². The van der Waals surface area contributed by atoms with Crippen LogP contribution in [0.2, 0.25) is 0 Å². The molecule has 6 nitrogen and oxygen atoms in total. The maximum absolute atomic E-state index is 12.7. The number of likely N-dealkylation sites (tertiary alicyclic amines) is 1. The van der Waals surface area contributed by atoms with Crippen LogP contribution in [0.15, 0.2) is 24.4 Å². The zero-order valence-corrected chi connectivity index (χ0v) is 12.5. The summed E-state index contributed by atoms with van der Waals surface area (Å²) in [6.45, 7) is 3.36. The van der Waals surface area contributed by atoms with E-state index in [9.17, 15) is 9.59 Å². The molecule has 1 aromatic carbocycles. The van der Waals surface area contributed by atoms with Crippen LogP contribution in [0.3, 0.4) is 0 Å². The van der Waals surface area contributed by atoms with Crippen LogP contribution in [0, 0.1) is 5.92 Å². The van der Waals surface area contributed by atoms with E-state index in [4.69, 9.17) is 4.74 Å². The number of rotatable bonds is 3. The minimum absolute atomic E-state index is 0.0165. The first-order valence-corrected chi connectivity index (χ1v) is 7.58. The minimum atomic E-state index is -0.148. The summed E-state index contributed by atoms with van der Waals surface area (Å²) in [7, 11) is 0. The van der Waals surface area contributed by atoms with Crippen molar-refractivity contribution in [3.8, 4) is 0 Å². The molecule has 6 heteroatoms. The summed E-state index contributed by atoms with van der Waals surface area (Å²) in [5.74, 6) is -0.255. The summed E-state index contributed by atoms with van der Waals surface area (Å²) in [5.41, 5.74) is 1.39. The number of hydrogen-bond acceptors (Lipinski definition) is 4. The lowest BCUT2D eigenvalue weighted by molar-refractivity contribution is -0.149. The molecule has 1 amide bonds. The number of carbonyl (C=O) groups is 2. The molecule has 3 rings (SSSR count). The molecule has 2 aromatic rings. The van der Waals surface area contributed by atoms with Crippen molar-refractivity contribution in [2.24, 2.45) is 5.92 Å².